The average molecular weight is 289 g/mol. The van der Waals surface area contributed by atoms with E-state index in [9.17, 15) is 0 Å². The Morgan fingerprint density at radius 2 is 2.19 bits per heavy atom. The van der Waals surface area contributed by atoms with Gasteiger partial charge in [0.05, 0.1) is 18.9 Å². The van der Waals surface area contributed by atoms with Crippen LogP contribution in [0.5, 0.6) is 0 Å². The van der Waals surface area contributed by atoms with E-state index in [4.69, 9.17) is 4.74 Å². The molecule has 1 atom stereocenters. The van der Waals surface area contributed by atoms with Crippen molar-refractivity contribution in [2.75, 3.05) is 44.7 Å². The normalized spacial score (nSPS) is 18.0. The maximum atomic E-state index is 5.38. The van der Waals surface area contributed by atoms with Gasteiger partial charge < -0.3 is 10.1 Å². The minimum Gasteiger partial charge on any atom is -0.379 e. The minimum absolute atomic E-state index is 0.564. The smallest absolute Gasteiger partial charge is 0.152 e. The first-order chi connectivity index (χ1) is 10.2. The van der Waals surface area contributed by atoms with Crippen LogP contribution in [-0.4, -0.2) is 58.9 Å². The zero-order valence-corrected chi connectivity index (χ0v) is 12.7. The second-order valence-electron chi connectivity index (χ2n) is 5.79. The Balaban J connectivity index is 1.58. The molecular formula is C15H23N5O. The average Bonchev–Trinajstić information content (AvgIpc) is 2.87. The molecule has 1 unspecified atom stereocenters. The third-order valence-corrected chi connectivity index (χ3v) is 3.80. The SMILES string of the molecule is Cc1cc2c(NCC(C)CN3CCOCC3)nccn2n1. The molecule has 0 amide bonds. The van der Waals surface area contributed by atoms with E-state index in [2.05, 4.69) is 33.3 Å². The van der Waals surface area contributed by atoms with Crippen LogP contribution in [0.15, 0.2) is 18.5 Å². The molecule has 1 aliphatic rings. The van der Waals surface area contributed by atoms with Gasteiger partial charge in [-0.25, -0.2) is 9.50 Å². The molecule has 3 heterocycles. The number of anilines is 1. The summed E-state index contributed by atoms with van der Waals surface area (Å²) in [6.07, 6.45) is 3.67. The highest BCUT2D eigenvalue weighted by Crippen LogP contribution is 2.15. The second kappa shape index (κ2) is 6.41. The molecule has 2 aromatic heterocycles. The number of rotatable bonds is 5. The van der Waals surface area contributed by atoms with E-state index in [1.165, 1.54) is 0 Å². The van der Waals surface area contributed by atoms with E-state index in [0.29, 0.717) is 5.92 Å². The number of ether oxygens (including phenoxy) is 1. The first-order valence-electron chi connectivity index (χ1n) is 7.57. The quantitative estimate of drug-likeness (QED) is 0.902. The molecule has 0 radical (unpaired) electrons. The highest BCUT2D eigenvalue weighted by Gasteiger charge is 2.14. The van der Waals surface area contributed by atoms with Gasteiger partial charge in [-0.05, 0) is 18.9 Å². The number of aromatic nitrogens is 3. The third kappa shape index (κ3) is 3.51. The van der Waals surface area contributed by atoms with Crippen molar-refractivity contribution in [3.05, 3.63) is 24.2 Å². The van der Waals surface area contributed by atoms with Crippen LogP contribution >= 0.6 is 0 Å². The molecular weight excluding hydrogens is 266 g/mol. The van der Waals surface area contributed by atoms with Crippen molar-refractivity contribution in [3.8, 4) is 0 Å². The van der Waals surface area contributed by atoms with Crippen molar-refractivity contribution in [2.45, 2.75) is 13.8 Å². The van der Waals surface area contributed by atoms with Gasteiger partial charge in [-0.1, -0.05) is 6.92 Å². The molecule has 0 aromatic carbocycles. The van der Waals surface area contributed by atoms with Crippen molar-refractivity contribution < 1.29 is 4.74 Å². The zero-order chi connectivity index (χ0) is 14.7. The summed E-state index contributed by atoms with van der Waals surface area (Å²) in [6, 6.07) is 2.06. The van der Waals surface area contributed by atoms with Gasteiger partial charge in [0.25, 0.3) is 0 Å². The van der Waals surface area contributed by atoms with Gasteiger partial charge in [0.1, 0.15) is 5.52 Å². The number of nitrogens with zero attached hydrogens (tertiary/aromatic N) is 4. The van der Waals surface area contributed by atoms with Crippen LogP contribution in [0.1, 0.15) is 12.6 Å². The van der Waals surface area contributed by atoms with Gasteiger partial charge in [0, 0.05) is 38.6 Å². The second-order valence-corrected chi connectivity index (χ2v) is 5.79. The van der Waals surface area contributed by atoms with E-state index in [-0.39, 0.29) is 0 Å². The highest BCUT2D eigenvalue weighted by atomic mass is 16.5. The summed E-state index contributed by atoms with van der Waals surface area (Å²) in [5.41, 5.74) is 2.04. The molecule has 6 heteroatoms. The van der Waals surface area contributed by atoms with Crippen LogP contribution in [0.2, 0.25) is 0 Å². The van der Waals surface area contributed by atoms with Gasteiger partial charge in [0.2, 0.25) is 0 Å². The lowest BCUT2D eigenvalue weighted by atomic mass is 10.1. The van der Waals surface area contributed by atoms with Crippen molar-refractivity contribution in [3.63, 3.8) is 0 Å². The summed E-state index contributed by atoms with van der Waals surface area (Å²) < 4.78 is 7.26. The fourth-order valence-corrected chi connectivity index (χ4v) is 2.74. The Labute approximate surface area is 125 Å². The lowest BCUT2D eigenvalue weighted by Crippen LogP contribution is -2.40. The van der Waals surface area contributed by atoms with Gasteiger partial charge in [0.15, 0.2) is 5.82 Å². The highest BCUT2D eigenvalue weighted by molar-refractivity contribution is 5.67. The molecule has 21 heavy (non-hydrogen) atoms. The largest absolute Gasteiger partial charge is 0.379 e. The standard InChI is InChI=1S/C15H23N5O/c1-12(11-19-5-7-21-8-6-19)10-17-15-14-9-13(2)18-20(14)4-3-16-15/h3-4,9,12H,5-8,10-11H2,1-2H3,(H,16,17). The van der Waals surface area contributed by atoms with Crippen LogP contribution < -0.4 is 5.32 Å². The zero-order valence-electron chi connectivity index (χ0n) is 12.7. The van der Waals surface area contributed by atoms with E-state index in [1.807, 2.05) is 17.6 Å². The van der Waals surface area contributed by atoms with E-state index >= 15 is 0 Å². The summed E-state index contributed by atoms with van der Waals surface area (Å²) in [5, 5.41) is 7.87. The van der Waals surface area contributed by atoms with Crippen LogP contribution in [-0.2, 0) is 4.74 Å². The number of hydrogen-bond acceptors (Lipinski definition) is 5. The predicted octanol–water partition coefficient (Wildman–Crippen LogP) is 1.42. The Morgan fingerprint density at radius 1 is 1.38 bits per heavy atom. The molecule has 0 saturated carbocycles. The summed E-state index contributed by atoms with van der Waals surface area (Å²) in [7, 11) is 0. The van der Waals surface area contributed by atoms with Crippen molar-refractivity contribution in [2.24, 2.45) is 5.92 Å². The Kier molecular flexibility index (Phi) is 4.36. The molecule has 1 saturated heterocycles. The molecule has 0 aliphatic carbocycles. The number of aryl methyl sites for hydroxylation is 1. The fraction of sp³-hybridized carbons (Fsp3) is 0.600. The fourth-order valence-electron chi connectivity index (χ4n) is 2.74. The molecule has 0 spiro atoms. The van der Waals surface area contributed by atoms with Gasteiger partial charge in [-0.3, -0.25) is 4.90 Å². The maximum Gasteiger partial charge on any atom is 0.152 e. The van der Waals surface area contributed by atoms with Gasteiger partial charge in [-0.2, -0.15) is 5.10 Å². The number of fused-ring (bicyclic) bond motifs is 1. The lowest BCUT2D eigenvalue weighted by Gasteiger charge is -2.29. The van der Waals surface area contributed by atoms with Crippen molar-refractivity contribution >= 4 is 11.3 Å². The molecule has 1 aliphatic heterocycles. The van der Waals surface area contributed by atoms with E-state index in [1.54, 1.807) is 6.20 Å². The van der Waals surface area contributed by atoms with Crippen molar-refractivity contribution in [1.29, 1.82) is 0 Å². The molecule has 0 bridgehead atoms. The first-order valence-corrected chi connectivity index (χ1v) is 7.57. The molecule has 3 rings (SSSR count). The lowest BCUT2D eigenvalue weighted by molar-refractivity contribution is 0.0325. The molecule has 2 aromatic rings. The summed E-state index contributed by atoms with van der Waals surface area (Å²) >= 11 is 0. The molecule has 6 nitrogen and oxygen atoms in total. The number of hydrogen-bond donors (Lipinski definition) is 1. The maximum absolute atomic E-state index is 5.38. The molecule has 1 N–H and O–H groups in total. The summed E-state index contributed by atoms with van der Waals surface area (Å²) in [6.45, 7) is 10.1. The monoisotopic (exact) mass is 289 g/mol. The number of morpholine rings is 1. The topological polar surface area (TPSA) is 54.7 Å². The van der Waals surface area contributed by atoms with Gasteiger partial charge >= 0.3 is 0 Å². The van der Waals surface area contributed by atoms with Crippen LogP contribution in [0.4, 0.5) is 5.82 Å². The first kappa shape index (κ1) is 14.3. The summed E-state index contributed by atoms with van der Waals surface area (Å²) in [4.78, 5) is 6.90. The Morgan fingerprint density at radius 3 is 3.00 bits per heavy atom. The van der Waals surface area contributed by atoms with E-state index < -0.39 is 0 Å². The predicted molar refractivity (Wildman–Crippen MR) is 82.6 cm³/mol. The van der Waals surface area contributed by atoms with Crippen LogP contribution in [0.3, 0.4) is 0 Å². The third-order valence-electron chi connectivity index (χ3n) is 3.80. The summed E-state index contributed by atoms with van der Waals surface area (Å²) in [5.74, 6) is 1.47. The number of nitrogens with one attached hydrogen (secondary N) is 1. The minimum atomic E-state index is 0.564. The van der Waals surface area contributed by atoms with Crippen LogP contribution in [0.25, 0.3) is 5.52 Å². The Hall–Kier alpha value is -1.66. The molecule has 1 fully saturated rings. The van der Waals surface area contributed by atoms with Crippen LogP contribution in [0, 0.1) is 12.8 Å². The Bertz CT molecular complexity index is 591. The molecule has 114 valence electrons. The van der Waals surface area contributed by atoms with Crippen molar-refractivity contribution in [1.82, 2.24) is 19.5 Å². The van der Waals surface area contributed by atoms with Gasteiger partial charge in [-0.15, -0.1) is 0 Å². The van der Waals surface area contributed by atoms with E-state index in [0.717, 1.165) is 56.4 Å².